The summed E-state index contributed by atoms with van der Waals surface area (Å²) in [5.41, 5.74) is 0. The van der Waals surface area contributed by atoms with Crippen molar-refractivity contribution in [2.75, 3.05) is 26.9 Å². The number of hydrogen-bond donors (Lipinski definition) is 1. The van der Waals surface area contributed by atoms with Crippen LogP contribution in [-0.4, -0.2) is 43.7 Å². The predicted molar refractivity (Wildman–Crippen MR) is 67.9 cm³/mol. The third-order valence-electron chi connectivity index (χ3n) is 2.32. The van der Waals surface area contributed by atoms with E-state index in [2.05, 4.69) is 39.8 Å². The van der Waals surface area contributed by atoms with E-state index in [1.54, 1.807) is 0 Å². The first kappa shape index (κ1) is 15.9. The Labute approximate surface area is 106 Å². The van der Waals surface area contributed by atoms with Gasteiger partial charge in [-0.3, -0.25) is 4.79 Å². The van der Waals surface area contributed by atoms with Crippen LogP contribution in [0.4, 0.5) is 0 Å². The van der Waals surface area contributed by atoms with E-state index in [9.17, 15) is 4.79 Å². The number of carbonyl (C=O) groups is 1. The van der Waals surface area contributed by atoms with Crippen molar-refractivity contribution in [2.45, 2.75) is 31.6 Å². The first-order valence-electron chi connectivity index (χ1n) is 5.55. The second-order valence-corrected chi connectivity index (χ2v) is 5.01. The third kappa shape index (κ3) is 6.45. The van der Waals surface area contributed by atoms with Crippen molar-refractivity contribution in [3.63, 3.8) is 0 Å². The molecule has 96 valence electrons. The smallest absolute Gasteiger partial charge is 0.320 e. The van der Waals surface area contributed by atoms with Crippen molar-refractivity contribution in [1.29, 1.82) is 0 Å². The number of ether oxygens (including phenoxy) is 2. The molecule has 0 rings (SSSR count). The molecule has 0 radical (unpaired) electrons. The maximum Gasteiger partial charge on any atom is 0.320 e. The zero-order valence-corrected chi connectivity index (χ0v) is 12.0. The van der Waals surface area contributed by atoms with Crippen LogP contribution in [0, 0.1) is 5.92 Å². The zero-order valence-electron chi connectivity index (χ0n) is 10.5. The van der Waals surface area contributed by atoms with E-state index in [-0.39, 0.29) is 16.8 Å². The quantitative estimate of drug-likeness (QED) is 0.545. The molecule has 0 aromatic carbocycles. The van der Waals surface area contributed by atoms with Gasteiger partial charge < -0.3 is 14.8 Å². The van der Waals surface area contributed by atoms with E-state index in [4.69, 9.17) is 4.74 Å². The first-order chi connectivity index (χ1) is 7.52. The summed E-state index contributed by atoms with van der Waals surface area (Å²) >= 11 is 3.27. The second-order valence-electron chi connectivity index (χ2n) is 3.91. The van der Waals surface area contributed by atoms with Crippen LogP contribution in [0.1, 0.15) is 20.8 Å². The van der Waals surface area contributed by atoms with Gasteiger partial charge in [0.1, 0.15) is 4.83 Å². The molecule has 0 bridgehead atoms. The molecule has 0 fully saturated rings. The number of methoxy groups -OCH3 is 1. The van der Waals surface area contributed by atoms with Crippen LogP contribution >= 0.6 is 15.9 Å². The number of carbonyl (C=O) groups excluding carboxylic acids is 1. The van der Waals surface area contributed by atoms with Crippen LogP contribution in [0.15, 0.2) is 0 Å². The topological polar surface area (TPSA) is 47.6 Å². The summed E-state index contributed by atoms with van der Waals surface area (Å²) in [6, 6.07) is 0.254. The summed E-state index contributed by atoms with van der Waals surface area (Å²) in [4.78, 5) is 10.9. The van der Waals surface area contributed by atoms with Gasteiger partial charge in [-0.25, -0.2) is 0 Å². The van der Waals surface area contributed by atoms with Gasteiger partial charge >= 0.3 is 5.97 Å². The van der Waals surface area contributed by atoms with Crippen molar-refractivity contribution in [3.05, 3.63) is 0 Å². The van der Waals surface area contributed by atoms with Crippen LogP contribution in [-0.2, 0) is 14.3 Å². The molecule has 0 aliphatic heterocycles. The molecule has 0 aromatic heterocycles. The maximum atomic E-state index is 11.2. The van der Waals surface area contributed by atoms with E-state index in [0.717, 1.165) is 0 Å². The highest BCUT2D eigenvalue weighted by molar-refractivity contribution is 9.10. The van der Waals surface area contributed by atoms with Gasteiger partial charge in [-0.05, 0) is 12.8 Å². The minimum atomic E-state index is -0.305. The summed E-state index contributed by atoms with van der Waals surface area (Å²) in [6.45, 7) is 8.13. The van der Waals surface area contributed by atoms with Gasteiger partial charge in [0.15, 0.2) is 0 Å². The Morgan fingerprint density at radius 3 is 2.50 bits per heavy atom. The fraction of sp³-hybridized carbons (Fsp3) is 0.909. The molecule has 5 heteroatoms. The van der Waals surface area contributed by atoms with Crippen molar-refractivity contribution in [3.8, 4) is 0 Å². The zero-order chi connectivity index (χ0) is 12.6. The van der Waals surface area contributed by atoms with E-state index in [1.165, 1.54) is 7.11 Å². The van der Waals surface area contributed by atoms with Crippen LogP contribution < -0.4 is 5.32 Å². The minimum Gasteiger partial charge on any atom is -0.468 e. The lowest BCUT2D eigenvalue weighted by Gasteiger charge is -2.23. The molecule has 0 aliphatic carbocycles. The number of hydrogen-bond acceptors (Lipinski definition) is 4. The Balaban J connectivity index is 3.96. The molecule has 0 aliphatic rings. The number of rotatable bonds is 8. The normalized spacial score (nSPS) is 14.9. The Hall–Kier alpha value is -0.130. The highest BCUT2D eigenvalue weighted by atomic mass is 79.9. The average molecular weight is 296 g/mol. The van der Waals surface area contributed by atoms with Gasteiger partial charge in [-0.2, -0.15) is 0 Å². The average Bonchev–Trinajstić information content (AvgIpc) is 2.27. The standard InChI is InChI=1S/C11H22BrNO3/c1-5-16-7-10(8(2)3)13-6-9(12)11(14)15-4/h8-10,13H,5-7H2,1-4H3. The van der Waals surface area contributed by atoms with Crippen LogP contribution in [0.5, 0.6) is 0 Å². The first-order valence-corrected chi connectivity index (χ1v) is 6.47. The monoisotopic (exact) mass is 295 g/mol. The molecule has 2 atom stereocenters. The molecule has 0 saturated heterocycles. The molecule has 1 N–H and O–H groups in total. The van der Waals surface area contributed by atoms with Gasteiger partial charge in [0.2, 0.25) is 0 Å². The third-order valence-corrected chi connectivity index (χ3v) is 3.02. The van der Waals surface area contributed by atoms with Gasteiger partial charge in [0.05, 0.1) is 13.7 Å². The minimum absolute atomic E-state index is 0.254. The highest BCUT2D eigenvalue weighted by Gasteiger charge is 2.19. The van der Waals surface area contributed by atoms with Crippen molar-refractivity contribution in [2.24, 2.45) is 5.92 Å². The molecule has 0 spiro atoms. The largest absolute Gasteiger partial charge is 0.468 e. The van der Waals surface area contributed by atoms with E-state index < -0.39 is 0 Å². The summed E-state index contributed by atoms with van der Waals surface area (Å²) < 4.78 is 10.0. The van der Waals surface area contributed by atoms with E-state index >= 15 is 0 Å². The molecule has 0 aromatic rings. The van der Waals surface area contributed by atoms with Gasteiger partial charge in [0.25, 0.3) is 0 Å². The summed E-state index contributed by atoms with van der Waals surface area (Å²) in [6.07, 6.45) is 0. The molecular weight excluding hydrogens is 274 g/mol. The van der Waals surface area contributed by atoms with Crippen molar-refractivity contribution >= 4 is 21.9 Å². The maximum absolute atomic E-state index is 11.2. The van der Waals surface area contributed by atoms with Crippen molar-refractivity contribution < 1.29 is 14.3 Å². The van der Waals surface area contributed by atoms with Crippen LogP contribution in [0.3, 0.4) is 0 Å². The summed E-state index contributed by atoms with van der Waals surface area (Å²) in [5.74, 6) is 0.204. The SMILES string of the molecule is CCOCC(NCC(Br)C(=O)OC)C(C)C. The van der Waals surface area contributed by atoms with Gasteiger partial charge in [-0.1, -0.05) is 29.8 Å². The van der Waals surface area contributed by atoms with E-state index in [1.807, 2.05) is 6.92 Å². The van der Waals surface area contributed by atoms with E-state index in [0.29, 0.717) is 25.7 Å². The molecule has 0 amide bonds. The van der Waals surface area contributed by atoms with Crippen molar-refractivity contribution in [1.82, 2.24) is 5.32 Å². The number of alkyl halides is 1. The Morgan fingerprint density at radius 2 is 2.06 bits per heavy atom. The van der Waals surface area contributed by atoms with Gasteiger partial charge in [0, 0.05) is 19.2 Å². The van der Waals surface area contributed by atoms with Crippen LogP contribution in [0.2, 0.25) is 0 Å². The summed E-state index contributed by atoms with van der Waals surface area (Å²) in [5, 5.41) is 3.30. The summed E-state index contributed by atoms with van der Waals surface area (Å²) in [7, 11) is 1.39. The molecule has 4 nitrogen and oxygen atoms in total. The Morgan fingerprint density at radius 1 is 1.44 bits per heavy atom. The lowest BCUT2D eigenvalue weighted by atomic mass is 10.1. The number of esters is 1. The molecular formula is C11H22BrNO3. The lowest BCUT2D eigenvalue weighted by Crippen LogP contribution is -2.42. The lowest BCUT2D eigenvalue weighted by molar-refractivity contribution is -0.139. The fourth-order valence-electron chi connectivity index (χ4n) is 1.20. The molecule has 16 heavy (non-hydrogen) atoms. The van der Waals surface area contributed by atoms with Crippen LogP contribution in [0.25, 0.3) is 0 Å². The Kier molecular flexibility index (Phi) is 8.89. The number of nitrogens with one attached hydrogen (secondary N) is 1. The number of halogens is 1. The highest BCUT2D eigenvalue weighted by Crippen LogP contribution is 2.05. The fourth-order valence-corrected chi connectivity index (χ4v) is 1.57. The van der Waals surface area contributed by atoms with Gasteiger partial charge in [-0.15, -0.1) is 0 Å². The Bertz CT molecular complexity index is 200. The molecule has 2 unspecified atom stereocenters. The molecule has 0 heterocycles. The second kappa shape index (κ2) is 8.96. The predicted octanol–water partition coefficient (Wildman–Crippen LogP) is 1.57. The molecule has 0 saturated carbocycles.